The Morgan fingerprint density at radius 1 is 1.32 bits per heavy atom. The standard InChI is InChI=1S/C15H19BrN2O4/c16-11-4-6-13(19)17(9-11)10-14(20)18-8-2-1-3-12(18)5-7-15(21)22/h4,6,9,12H,1-3,5,7-8,10H2,(H,21,22). The van der Waals surface area contributed by atoms with E-state index in [0.29, 0.717) is 13.0 Å². The van der Waals surface area contributed by atoms with Gasteiger partial charge >= 0.3 is 5.97 Å². The zero-order valence-corrected chi connectivity index (χ0v) is 13.8. The Bertz CT molecular complexity index is 614. The van der Waals surface area contributed by atoms with Gasteiger partial charge in [0, 0.05) is 35.7 Å². The number of pyridine rings is 1. The molecule has 120 valence electrons. The summed E-state index contributed by atoms with van der Waals surface area (Å²) in [7, 11) is 0. The molecule has 0 bridgehead atoms. The molecule has 1 aliphatic rings. The Hall–Kier alpha value is -1.63. The second-order valence-corrected chi connectivity index (χ2v) is 6.40. The van der Waals surface area contributed by atoms with Crippen molar-refractivity contribution >= 4 is 27.8 Å². The molecule has 6 nitrogen and oxygen atoms in total. The number of carbonyl (C=O) groups excluding carboxylic acids is 1. The Kier molecular flexibility index (Phi) is 5.76. The Labute approximate surface area is 136 Å². The zero-order chi connectivity index (χ0) is 16.1. The molecule has 0 spiro atoms. The van der Waals surface area contributed by atoms with E-state index in [1.165, 1.54) is 10.6 Å². The highest BCUT2D eigenvalue weighted by molar-refractivity contribution is 9.10. The van der Waals surface area contributed by atoms with Crippen LogP contribution in [0.4, 0.5) is 0 Å². The van der Waals surface area contributed by atoms with Crippen molar-refractivity contribution in [2.75, 3.05) is 6.54 Å². The molecule has 22 heavy (non-hydrogen) atoms. The minimum absolute atomic E-state index is 0.0121. The van der Waals surface area contributed by atoms with E-state index in [1.54, 1.807) is 17.2 Å². The molecule has 2 heterocycles. The van der Waals surface area contributed by atoms with Gasteiger partial charge in [0.15, 0.2) is 0 Å². The van der Waals surface area contributed by atoms with Gasteiger partial charge in [-0.15, -0.1) is 0 Å². The topological polar surface area (TPSA) is 79.6 Å². The second-order valence-electron chi connectivity index (χ2n) is 5.48. The lowest BCUT2D eigenvalue weighted by molar-refractivity contribution is -0.140. The molecule has 2 rings (SSSR count). The van der Waals surface area contributed by atoms with Crippen LogP contribution in [0.1, 0.15) is 32.1 Å². The molecule has 1 saturated heterocycles. The molecule has 1 atom stereocenters. The van der Waals surface area contributed by atoms with E-state index in [1.807, 2.05) is 0 Å². The van der Waals surface area contributed by atoms with Crippen molar-refractivity contribution in [1.82, 2.24) is 9.47 Å². The fourth-order valence-electron chi connectivity index (χ4n) is 2.78. The largest absolute Gasteiger partial charge is 0.481 e. The van der Waals surface area contributed by atoms with Crippen LogP contribution in [-0.2, 0) is 16.1 Å². The van der Waals surface area contributed by atoms with Crippen LogP contribution >= 0.6 is 15.9 Å². The number of carboxylic acids is 1. The number of aromatic nitrogens is 1. The lowest BCUT2D eigenvalue weighted by Crippen LogP contribution is -2.46. The molecule has 1 fully saturated rings. The molecule has 1 aromatic heterocycles. The number of likely N-dealkylation sites (tertiary alicyclic amines) is 1. The summed E-state index contributed by atoms with van der Waals surface area (Å²) in [4.78, 5) is 36.7. The fourth-order valence-corrected chi connectivity index (χ4v) is 3.16. The summed E-state index contributed by atoms with van der Waals surface area (Å²) in [5.74, 6) is -0.975. The van der Waals surface area contributed by atoms with E-state index < -0.39 is 5.97 Å². The molecule has 0 radical (unpaired) electrons. The first-order valence-corrected chi connectivity index (χ1v) is 8.14. The minimum atomic E-state index is -0.846. The van der Waals surface area contributed by atoms with Crippen LogP contribution in [0.2, 0.25) is 0 Å². The number of hydrogen-bond acceptors (Lipinski definition) is 3. The van der Waals surface area contributed by atoms with Crippen molar-refractivity contribution < 1.29 is 14.7 Å². The van der Waals surface area contributed by atoms with E-state index >= 15 is 0 Å². The summed E-state index contributed by atoms with van der Waals surface area (Å²) in [6, 6.07) is 3.01. The average Bonchev–Trinajstić information content (AvgIpc) is 2.49. The summed E-state index contributed by atoms with van der Waals surface area (Å²) in [5.41, 5.74) is -0.226. The number of halogens is 1. The normalized spacial score (nSPS) is 18.2. The van der Waals surface area contributed by atoms with E-state index in [2.05, 4.69) is 15.9 Å². The second kappa shape index (κ2) is 7.58. The van der Waals surface area contributed by atoms with E-state index in [0.717, 1.165) is 23.7 Å². The number of rotatable bonds is 5. The maximum atomic E-state index is 12.5. The first kappa shape index (κ1) is 16.7. The molecular formula is C15H19BrN2O4. The monoisotopic (exact) mass is 370 g/mol. The van der Waals surface area contributed by atoms with Crippen LogP contribution < -0.4 is 5.56 Å². The number of piperidine rings is 1. The van der Waals surface area contributed by atoms with Crippen molar-refractivity contribution in [3.63, 3.8) is 0 Å². The van der Waals surface area contributed by atoms with E-state index in [9.17, 15) is 14.4 Å². The van der Waals surface area contributed by atoms with Gasteiger partial charge in [-0.25, -0.2) is 0 Å². The van der Waals surface area contributed by atoms with Crippen LogP contribution in [-0.4, -0.2) is 39.0 Å². The summed E-state index contributed by atoms with van der Waals surface area (Å²) in [5, 5.41) is 8.82. The average molecular weight is 371 g/mol. The Balaban J connectivity index is 2.06. The highest BCUT2D eigenvalue weighted by Crippen LogP contribution is 2.21. The van der Waals surface area contributed by atoms with Gasteiger partial charge in [-0.05, 0) is 47.7 Å². The number of amides is 1. The fraction of sp³-hybridized carbons (Fsp3) is 0.533. The highest BCUT2D eigenvalue weighted by atomic mass is 79.9. The van der Waals surface area contributed by atoms with Gasteiger partial charge in [0.2, 0.25) is 5.91 Å². The Morgan fingerprint density at radius 2 is 2.09 bits per heavy atom. The molecule has 1 N–H and O–H groups in total. The van der Waals surface area contributed by atoms with Crippen molar-refractivity contribution in [3.05, 3.63) is 33.2 Å². The van der Waals surface area contributed by atoms with Crippen molar-refractivity contribution in [3.8, 4) is 0 Å². The smallest absolute Gasteiger partial charge is 0.303 e. The summed E-state index contributed by atoms with van der Waals surface area (Å²) in [6.45, 7) is 0.619. The van der Waals surface area contributed by atoms with Crippen LogP contribution in [0.3, 0.4) is 0 Å². The first-order valence-electron chi connectivity index (χ1n) is 7.34. The third kappa shape index (κ3) is 4.43. The maximum Gasteiger partial charge on any atom is 0.303 e. The quantitative estimate of drug-likeness (QED) is 0.857. The van der Waals surface area contributed by atoms with Crippen LogP contribution in [0.5, 0.6) is 0 Å². The SMILES string of the molecule is O=C(O)CCC1CCCCN1C(=O)Cn1cc(Br)ccc1=O. The first-order chi connectivity index (χ1) is 10.5. The van der Waals surface area contributed by atoms with Gasteiger partial charge < -0.3 is 14.6 Å². The third-order valence-corrected chi connectivity index (χ3v) is 4.36. The number of carbonyl (C=O) groups is 2. The van der Waals surface area contributed by atoms with Gasteiger partial charge in [0.1, 0.15) is 6.54 Å². The molecular weight excluding hydrogens is 352 g/mol. The van der Waals surface area contributed by atoms with Crippen LogP contribution in [0, 0.1) is 0 Å². The van der Waals surface area contributed by atoms with E-state index in [-0.39, 0.29) is 30.5 Å². The van der Waals surface area contributed by atoms with Crippen LogP contribution in [0.15, 0.2) is 27.6 Å². The number of hydrogen-bond donors (Lipinski definition) is 1. The maximum absolute atomic E-state index is 12.5. The molecule has 0 aromatic carbocycles. The van der Waals surface area contributed by atoms with Gasteiger partial charge in [-0.1, -0.05) is 0 Å². The zero-order valence-electron chi connectivity index (χ0n) is 12.2. The van der Waals surface area contributed by atoms with Gasteiger partial charge in [0.25, 0.3) is 5.56 Å². The number of nitrogens with zero attached hydrogens (tertiary/aromatic N) is 2. The van der Waals surface area contributed by atoms with Gasteiger partial charge in [-0.2, -0.15) is 0 Å². The molecule has 1 aliphatic heterocycles. The molecule has 1 unspecified atom stereocenters. The van der Waals surface area contributed by atoms with Crippen molar-refractivity contribution in [1.29, 1.82) is 0 Å². The molecule has 1 aromatic rings. The lowest BCUT2D eigenvalue weighted by Gasteiger charge is -2.35. The Morgan fingerprint density at radius 3 is 2.82 bits per heavy atom. The number of aliphatic carboxylic acids is 1. The van der Waals surface area contributed by atoms with Crippen molar-refractivity contribution in [2.45, 2.75) is 44.7 Å². The molecule has 7 heteroatoms. The highest BCUT2D eigenvalue weighted by Gasteiger charge is 2.27. The summed E-state index contributed by atoms with van der Waals surface area (Å²) >= 11 is 3.29. The lowest BCUT2D eigenvalue weighted by atomic mass is 9.98. The van der Waals surface area contributed by atoms with Gasteiger partial charge in [0.05, 0.1) is 0 Å². The third-order valence-electron chi connectivity index (χ3n) is 3.89. The summed E-state index contributed by atoms with van der Waals surface area (Å²) < 4.78 is 2.11. The summed E-state index contributed by atoms with van der Waals surface area (Å²) in [6.07, 6.45) is 4.87. The predicted octanol–water partition coefficient (Wildman–Crippen LogP) is 1.86. The van der Waals surface area contributed by atoms with E-state index in [4.69, 9.17) is 5.11 Å². The van der Waals surface area contributed by atoms with Crippen molar-refractivity contribution in [2.24, 2.45) is 0 Å². The minimum Gasteiger partial charge on any atom is -0.481 e. The molecule has 0 aliphatic carbocycles. The predicted molar refractivity (Wildman–Crippen MR) is 84.6 cm³/mol. The number of carboxylic acid groups (broad SMARTS) is 1. The molecule has 0 saturated carbocycles. The van der Waals surface area contributed by atoms with Crippen LogP contribution in [0.25, 0.3) is 0 Å². The van der Waals surface area contributed by atoms with Gasteiger partial charge in [-0.3, -0.25) is 14.4 Å². The molecule has 1 amide bonds.